The molecule has 0 atom stereocenters. The van der Waals surface area contributed by atoms with Gasteiger partial charge >= 0.3 is 0 Å². The highest BCUT2D eigenvalue weighted by Crippen LogP contribution is 2.16. The van der Waals surface area contributed by atoms with Crippen molar-refractivity contribution in [3.05, 3.63) is 73.1 Å². The van der Waals surface area contributed by atoms with Crippen molar-refractivity contribution >= 4 is 0 Å². The van der Waals surface area contributed by atoms with Crippen molar-refractivity contribution in [2.45, 2.75) is 19.2 Å². The summed E-state index contributed by atoms with van der Waals surface area (Å²) in [6.45, 7) is 0.667. The molecule has 4 rings (SSSR count). The molecule has 0 saturated heterocycles. The molecule has 26 heavy (non-hydrogen) atoms. The van der Waals surface area contributed by atoms with Crippen LogP contribution in [0.4, 0.5) is 0 Å². The Morgan fingerprint density at radius 3 is 1.54 bits per heavy atom. The highest BCUT2D eigenvalue weighted by atomic mass is 16.3. The molecular weight excluding hydrogens is 328 g/mol. The van der Waals surface area contributed by atoms with Crippen LogP contribution >= 0.6 is 0 Å². The number of aliphatic hydroxyl groups excluding tert-OH is 1. The van der Waals surface area contributed by atoms with Gasteiger partial charge in [-0.3, -0.25) is 0 Å². The lowest BCUT2D eigenvalue weighted by atomic mass is 10.2. The van der Waals surface area contributed by atoms with E-state index in [-0.39, 0.29) is 0 Å². The summed E-state index contributed by atoms with van der Waals surface area (Å²) in [5, 5.41) is 26.8. The third-order valence-corrected chi connectivity index (χ3v) is 4.01. The van der Waals surface area contributed by atoms with E-state index in [2.05, 4.69) is 20.6 Å². The minimum atomic E-state index is -0.648. The fourth-order valence-corrected chi connectivity index (χ4v) is 2.75. The maximum atomic E-state index is 10.3. The summed E-state index contributed by atoms with van der Waals surface area (Å²) in [4.78, 5) is 0. The van der Waals surface area contributed by atoms with Gasteiger partial charge in [0.05, 0.1) is 31.6 Å². The molecule has 0 fully saturated rings. The second-order valence-corrected chi connectivity index (χ2v) is 6.04. The maximum Gasteiger partial charge on any atom is 0.113 e. The standard InChI is InChI=1S/C19H18N6O/c26-17(11-24-13-18(20-22-24)15-7-3-1-4-8-15)12-25-14-19(21-23-25)16-9-5-2-6-10-16/h1-10,13-14,17,26H,11-12H2. The van der Waals surface area contributed by atoms with Crippen molar-refractivity contribution in [3.63, 3.8) is 0 Å². The number of nitrogens with zero attached hydrogens (tertiary/aromatic N) is 6. The molecule has 0 unspecified atom stereocenters. The first kappa shape index (κ1) is 16.2. The molecule has 0 aliphatic heterocycles. The van der Waals surface area contributed by atoms with E-state index in [1.807, 2.05) is 73.1 Å². The zero-order valence-electron chi connectivity index (χ0n) is 14.1. The lowest BCUT2D eigenvalue weighted by Crippen LogP contribution is -2.22. The number of rotatable bonds is 6. The zero-order chi connectivity index (χ0) is 17.8. The number of hydrogen-bond acceptors (Lipinski definition) is 5. The summed E-state index contributed by atoms with van der Waals surface area (Å²) in [5.41, 5.74) is 3.56. The van der Waals surface area contributed by atoms with Crippen LogP contribution in [0.15, 0.2) is 73.1 Å². The summed E-state index contributed by atoms with van der Waals surface area (Å²) in [6.07, 6.45) is 3.01. The van der Waals surface area contributed by atoms with Crippen molar-refractivity contribution < 1.29 is 5.11 Å². The van der Waals surface area contributed by atoms with Crippen molar-refractivity contribution in [1.82, 2.24) is 30.0 Å². The van der Waals surface area contributed by atoms with Crippen LogP contribution in [-0.2, 0) is 13.1 Å². The Morgan fingerprint density at radius 2 is 1.12 bits per heavy atom. The summed E-state index contributed by atoms with van der Waals surface area (Å²) in [6, 6.07) is 19.7. The van der Waals surface area contributed by atoms with Crippen molar-refractivity contribution in [1.29, 1.82) is 0 Å². The molecule has 1 N–H and O–H groups in total. The topological polar surface area (TPSA) is 81.6 Å². The van der Waals surface area contributed by atoms with Crippen LogP contribution in [0.2, 0.25) is 0 Å². The Morgan fingerprint density at radius 1 is 0.692 bits per heavy atom. The van der Waals surface area contributed by atoms with E-state index in [0.717, 1.165) is 22.5 Å². The third-order valence-electron chi connectivity index (χ3n) is 4.01. The predicted octanol–water partition coefficient (Wildman–Crippen LogP) is 2.26. The van der Waals surface area contributed by atoms with Crippen LogP contribution < -0.4 is 0 Å². The molecule has 2 heterocycles. The molecule has 2 aromatic carbocycles. The monoisotopic (exact) mass is 346 g/mol. The molecule has 4 aromatic rings. The molecule has 0 aliphatic carbocycles. The number of benzene rings is 2. The Kier molecular flexibility index (Phi) is 4.53. The van der Waals surface area contributed by atoms with E-state index in [0.29, 0.717) is 13.1 Å². The second kappa shape index (κ2) is 7.28. The first-order valence-electron chi connectivity index (χ1n) is 8.37. The van der Waals surface area contributed by atoms with E-state index < -0.39 is 6.10 Å². The van der Waals surface area contributed by atoms with Gasteiger partial charge in [0.2, 0.25) is 0 Å². The van der Waals surface area contributed by atoms with Gasteiger partial charge in [-0.1, -0.05) is 71.1 Å². The minimum absolute atomic E-state index is 0.334. The summed E-state index contributed by atoms with van der Waals surface area (Å²) < 4.78 is 3.28. The molecule has 0 spiro atoms. The average Bonchev–Trinajstić information content (AvgIpc) is 3.33. The maximum absolute atomic E-state index is 10.3. The van der Waals surface area contributed by atoms with Gasteiger partial charge in [-0.15, -0.1) is 10.2 Å². The van der Waals surface area contributed by atoms with Gasteiger partial charge in [0.15, 0.2) is 0 Å². The Hall–Kier alpha value is -3.32. The van der Waals surface area contributed by atoms with Gasteiger partial charge in [0.1, 0.15) is 11.4 Å². The van der Waals surface area contributed by atoms with Crippen molar-refractivity contribution in [2.24, 2.45) is 0 Å². The van der Waals surface area contributed by atoms with Crippen LogP contribution in [0.1, 0.15) is 0 Å². The van der Waals surface area contributed by atoms with E-state index >= 15 is 0 Å². The minimum Gasteiger partial charge on any atom is -0.389 e. The molecule has 0 aliphatic rings. The van der Waals surface area contributed by atoms with Crippen LogP contribution in [0.5, 0.6) is 0 Å². The second-order valence-electron chi connectivity index (χ2n) is 6.04. The summed E-state index contributed by atoms with van der Waals surface area (Å²) in [5.74, 6) is 0. The largest absolute Gasteiger partial charge is 0.389 e. The van der Waals surface area contributed by atoms with Gasteiger partial charge in [0.25, 0.3) is 0 Å². The van der Waals surface area contributed by atoms with E-state index in [1.54, 1.807) is 9.36 Å². The summed E-state index contributed by atoms with van der Waals surface area (Å²) >= 11 is 0. The van der Waals surface area contributed by atoms with Crippen LogP contribution in [0.25, 0.3) is 22.5 Å². The lowest BCUT2D eigenvalue weighted by molar-refractivity contribution is 0.124. The first-order valence-corrected chi connectivity index (χ1v) is 8.37. The Labute approximate surface area is 150 Å². The fraction of sp³-hybridized carbons (Fsp3) is 0.158. The van der Waals surface area contributed by atoms with E-state index in [4.69, 9.17) is 0 Å². The van der Waals surface area contributed by atoms with Gasteiger partial charge in [0, 0.05) is 11.1 Å². The normalized spacial score (nSPS) is 11.2. The van der Waals surface area contributed by atoms with Gasteiger partial charge in [-0.25, -0.2) is 9.36 Å². The molecule has 7 nitrogen and oxygen atoms in total. The number of aliphatic hydroxyl groups is 1. The highest BCUT2D eigenvalue weighted by molar-refractivity contribution is 5.57. The quantitative estimate of drug-likeness (QED) is 0.579. The van der Waals surface area contributed by atoms with Gasteiger partial charge < -0.3 is 5.11 Å². The molecule has 130 valence electrons. The third kappa shape index (κ3) is 3.68. The van der Waals surface area contributed by atoms with Crippen molar-refractivity contribution in [3.8, 4) is 22.5 Å². The van der Waals surface area contributed by atoms with E-state index in [1.165, 1.54) is 0 Å². The van der Waals surface area contributed by atoms with Crippen LogP contribution in [-0.4, -0.2) is 41.2 Å². The Balaban J connectivity index is 1.40. The van der Waals surface area contributed by atoms with Gasteiger partial charge in [-0.2, -0.15) is 0 Å². The molecule has 0 saturated carbocycles. The number of hydrogen-bond donors (Lipinski definition) is 1. The molecule has 0 bridgehead atoms. The lowest BCUT2D eigenvalue weighted by Gasteiger charge is -2.09. The SMILES string of the molecule is OC(Cn1cc(-c2ccccc2)nn1)Cn1cc(-c2ccccc2)nn1. The number of aromatic nitrogens is 6. The highest BCUT2D eigenvalue weighted by Gasteiger charge is 2.11. The smallest absolute Gasteiger partial charge is 0.113 e. The summed E-state index contributed by atoms with van der Waals surface area (Å²) in [7, 11) is 0. The zero-order valence-corrected chi connectivity index (χ0v) is 14.1. The fourth-order valence-electron chi connectivity index (χ4n) is 2.75. The average molecular weight is 346 g/mol. The molecular formula is C19H18N6O. The molecule has 0 radical (unpaired) electrons. The predicted molar refractivity (Wildman–Crippen MR) is 96.9 cm³/mol. The van der Waals surface area contributed by atoms with E-state index in [9.17, 15) is 5.11 Å². The first-order chi connectivity index (χ1) is 12.8. The van der Waals surface area contributed by atoms with Crippen molar-refractivity contribution in [2.75, 3.05) is 0 Å². The van der Waals surface area contributed by atoms with Crippen LogP contribution in [0.3, 0.4) is 0 Å². The molecule has 7 heteroatoms. The van der Waals surface area contributed by atoms with Crippen LogP contribution in [0, 0.1) is 0 Å². The van der Waals surface area contributed by atoms with Gasteiger partial charge in [-0.05, 0) is 0 Å². The molecule has 0 amide bonds. The Bertz CT molecular complexity index is 884. The molecule has 2 aromatic heterocycles.